The van der Waals surface area contributed by atoms with Gasteiger partial charge in [0.15, 0.2) is 0 Å². The second-order valence-corrected chi connectivity index (χ2v) is 6.79. The average molecular weight is 320 g/mol. The van der Waals surface area contributed by atoms with E-state index in [1.54, 1.807) is 11.1 Å². The lowest BCUT2D eigenvalue weighted by Crippen LogP contribution is -2.50. The normalized spacial score (nSPS) is 27.3. The standard InChI is InChI=1S/C16H24N4O3/c1-11-7-13(15(21)22)10-20(9-11)16(23)18-8-12-3-2-5-19-6-4-17-14(12)19/h4,6,11-13H,2-3,5,7-10H2,1H3,(H,18,23)(H,21,22). The summed E-state index contributed by atoms with van der Waals surface area (Å²) in [5, 5.41) is 12.2. The molecule has 2 aliphatic rings. The van der Waals surface area contributed by atoms with Crippen molar-refractivity contribution in [2.75, 3.05) is 19.6 Å². The summed E-state index contributed by atoms with van der Waals surface area (Å²) in [5.41, 5.74) is 0. The molecule has 3 atom stereocenters. The summed E-state index contributed by atoms with van der Waals surface area (Å²) in [5.74, 6) is 0.207. The van der Waals surface area contributed by atoms with Gasteiger partial charge in [-0.15, -0.1) is 0 Å². The molecule has 0 bridgehead atoms. The van der Waals surface area contributed by atoms with Crippen molar-refractivity contribution < 1.29 is 14.7 Å². The highest BCUT2D eigenvalue weighted by Crippen LogP contribution is 2.25. The number of hydrogen-bond acceptors (Lipinski definition) is 3. The van der Waals surface area contributed by atoms with Crippen LogP contribution in [0.25, 0.3) is 0 Å². The third-order valence-electron chi connectivity index (χ3n) is 4.86. The number of rotatable bonds is 3. The van der Waals surface area contributed by atoms with Crippen LogP contribution in [0.4, 0.5) is 4.79 Å². The summed E-state index contributed by atoms with van der Waals surface area (Å²) in [4.78, 5) is 29.6. The highest BCUT2D eigenvalue weighted by molar-refractivity contribution is 5.76. The van der Waals surface area contributed by atoms with Crippen molar-refractivity contribution >= 4 is 12.0 Å². The Morgan fingerprint density at radius 3 is 3.04 bits per heavy atom. The zero-order valence-electron chi connectivity index (χ0n) is 13.4. The number of nitrogens with zero attached hydrogens (tertiary/aromatic N) is 3. The molecule has 3 rings (SSSR count). The lowest BCUT2D eigenvalue weighted by atomic mass is 9.91. The van der Waals surface area contributed by atoms with Crippen molar-refractivity contribution in [3.63, 3.8) is 0 Å². The molecular weight excluding hydrogens is 296 g/mol. The maximum absolute atomic E-state index is 12.4. The lowest BCUT2D eigenvalue weighted by Gasteiger charge is -2.35. The van der Waals surface area contributed by atoms with Gasteiger partial charge >= 0.3 is 12.0 Å². The van der Waals surface area contributed by atoms with Gasteiger partial charge in [0.25, 0.3) is 0 Å². The molecule has 3 unspecified atom stereocenters. The first kappa shape index (κ1) is 15.8. The Morgan fingerprint density at radius 2 is 2.26 bits per heavy atom. The molecule has 1 aromatic rings. The highest BCUT2D eigenvalue weighted by atomic mass is 16.4. The maximum atomic E-state index is 12.4. The quantitative estimate of drug-likeness (QED) is 0.884. The number of aromatic nitrogens is 2. The van der Waals surface area contributed by atoms with Crippen molar-refractivity contribution in [1.29, 1.82) is 0 Å². The third-order valence-corrected chi connectivity index (χ3v) is 4.86. The SMILES string of the molecule is CC1CC(C(=O)O)CN(C(=O)NCC2CCCn3ccnc32)C1. The number of urea groups is 1. The van der Waals surface area contributed by atoms with Crippen molar-refractivity contribution in [2.24, 2.45) is 11.8 Å². The molecule has 7 heteroatoms. The minimum Gasteiger partial charge on any atom is -0.481 e. The van der Waals surface area contributed by atoms with Crippen LogP contribution in [0.2, 0.25) is 0 Å². The third kappa shape index (κ3) is 3.48. The number of amides is 2. The van der Waals surface area contributed by atoms with Gasteiger partial charge in [0, 0.05) is 44.5 Å². The van der Waals surface area contributed by atoms with Crippen molar-refractivity contribution in [1.82, 2.24) is 19.8 Å². The number of fused-ring (bicyclic) bond motifs is 1. The Balaban J connectivity index is 1.57. The number of carboxylic acid groups (broad SMARTS) is 1. The first-order valence-corrected chi connectivity index (χ1v) is 8.31. The number of likely N-dealkylation sites (tertiary alicyclic amines) is 1. The zero-order chi connectivity index (χ0) is 16.4. The smallest absolute Gasteiger partial charge is 0.317 e. The fourth-order valence-corrected chi connectivity index (χ4v) is 3.72. The van der Waals surface area contributed by atoms with Crippen LogP contribution in [0.5, 0.6) is 0 Å². The van der Waals surface area contributed by atoms with E-state index in [-0.39, 0.29) is 17.9 Å². The predicted molar refractivity (Wildman–Crippen MR) is 84.1 cm³/mol. The van der Waals surface area contributed by atoms with E-state index in [4.69, 9.17) is 0 Å². The largest absolute Gasteiger partial charge is 0.481 e. The number of carbonyl (C=O) groups excluding carboxylic acids is 1. The summed E-state index contributed by atoms with van der Waals surface area (Å²) in [7, 11) is 0. The fourth-order valence-electron chi connectivity index (χ4n) is 3.72. The Bertz CT molecular complexity index is 586. The summed E-state index contributed by atoms with van der Waals surface area (Å²) >= 11 is 0. The number of carboxylic acids is 1. The molecule has 7 nitrogen and oxygen atoms in total. The Labute approximate surface area is 135 Å². The number of aliphatic carboxylic acids is 1. The van der Waals surface area contributed by atoms with Crippen LogP contribution in [-0.2, 0) is 11.3 Å². The van der Waals surface area contributed by atoms with E-state index in [0.717, 1.165) is 25.2 Å². The first-order chi connectivity index (χ1) is 11.0. The van der Waals surface area contributed by atoms with Gasteiger partial charge in [0.1, 0.15) is 5.82 Å². The van der Waals surface area contributed by atoms with Crippen LogP contribution >= 0.6 is 0 Å². The Kier molecular flexibility index (Phi) is 4.54. The number of nitrogens with one attached hydrogen (secondary N) is 1. The first-order valence-electron chi connectivity index (χ1n) is 8.31. The van der Waals surface area contributed by atoms with Crippen LogP contribution in [0.3, 0.4) is 0 Å². The fraction of sp³-hybridized carbons (Fsp3) is 0.688. The molecule has 2 aliphatic heterocycles. The number of carbonyl (C=O) groups is 2. The molecule has 2 amide bonds. The van der Waals surface area contributed by atoms with E-state index in [9.17, 15) is 14.7 Å². The summed E-state index contributed by atoms with van der Waals surface area (Å²) in [6.45, 7) is 4.45. The molecule has 0 aromatic carbocycles. The molecule has 1 saturated heterocycles. The minimum absolute atomic E-state index is 0.161. The van der Waals surface area contributed by atoms with E-state index in [1.165, 1.54) is 0 Å². The van der Waals surface area contributed by atoms with Gasteiger partial charge in [0.2, 0.25) is 0 Å². The van der Waals surface area contributed by atoms with Gasteiger partial charge in [0.05, 0.1) is 5.92 Å². The molecule has 126 valence electrons. The maximum Gasteiger partial charge on any atom is 0.317 e. The van der Waals surface area contributed by atoms with Crippen molar-refractivity contribution in [3.8, 4) is 0 Å². The summed E-state index contributed by atoms with van der Waals surface area (Å²) in [6, 6.07) is -0.161. The molecule has 2 N–H and O–H groups in total. The van der Waals surface area contributed by atoms with E-state index < -0.39 is 11.9 Å². The van der Waals surface area contributed by atoms with Crippen LogP contribution in [-0.4, -0.2) is 51.2 Å². The molecule has 0 aliphatic carbocycles. The lowest BCUT2D eigenvalue weighted by molar-refractivity contribution is -0.143. The zero-order valence-corrected chi connectivity index (χ0v) is 13.4. The second kappa shape index (κ2) is 6.60. The van der Waals surface area contributed by atoms with Gasteiger partial charge in [-0.05, 0) is 25.2 Å². The van der Waals surface area contributed by atoms with Gasteiger partial charge in [-0.25, -0.2) is 9.78 Å². The molecule has 0 radical (unpaired) electrons. The summed E-state index contributed by atoms with van der Waals surface area (Å²) < 4.78 is 2.14. The molecule has 23 heavy (non-hydrogen) atoms. The van der Waals surface area contributed by atoms with Gasteiger partial charge in [-0.1, -0.05) is 6.92 Å². The minimum atomic E-state index is -0.816. The Morgan fingerprint density at radius 1 is 1.43 bits per heavy atom. The van der Waals surface area contributed by atoms with Crippen molar-refractivity contribution in [3.05, 3.63) is 18.2 Å². The second-order valence-electron chi connectivity index (χ2n) is 6.79. The van der Waals surface area contributed by atoms with Crippen molar-refractivity contribution in [2.45, 2.75) is 38.6 Å². The highest BCUT2D eigenvalue weighted by Gasteiger charge is 2.32. The number of piperidine rings is 1. The van der Waals surface area contributed by atoms with E-state index >= 15 is 0 Å². The number of imidazole rings is 1. The summed E-state index contributed by atoms with van der Waals surface area (Å²) in [6.07, 6.45) is 6.53. The van der Waals surface area contributed by atoms with Crippen LogP contribution in [0.1, 0.15) is 37.9 Å². The average Bonchev–Trinajstić information content (AvgIpc) is 3.01. The van der Waals surface area contributed by atoms with Gasteiger partial charge < -0.3 is 19.9 Å². The monoisotopic (exact) mass is 320 g/mol. The predicted octanol–water partition coefficient (Wildman–Crippen LogP) is 1.51. The van der Waals surface area contributed by atoms with Crippen LogP contribution < -0.4 is 5.32 Å². The van der Waals surface area contributed by atoms with Crippen LogP contribution in [0.15, 0.2) is 12.4 Å². The molecule has 3 heterocycles. The van der Waals surface area contributed by atoms with Crippen LogP contribution in [0, 0.1) is 11.8 Å². The molecule has 0 saturated carbocycles. The molecule has 0 spiro atoms. The molecular formula is C16H24N4O3. The van der Waals surface area contributed by atoms with Gasteiger partial charge in [-0.3, -0.25) is 4.79 Å². The number of aryl methyl sites for hydroxylation is 1. The van der Waals surface area contributed by atoms with Gasteiger partial charge in [-0.2, -0.15) is 0 Å². The molecule has 1 fully saturated rings. The number of hydrogen-bond donors (Lipinski definition) is 2. The Hall–Kier alpha value is -2.05. The van der Waals surface area contributed by atoms with E-state index in [1.807, 2.05) is 13.1 Å². The van der Waals surface area contributed by atoms with E-state index in [0.29, 0.717) is 26.1 Å². The molecule has 1 aromatic heterocycles. The topological polar surface area (TPSA) is 87.5 Å². The van der Waals surface area contributed by atoms with E-state index in [2.05, 4.69) is 14.9 Å².